The predicted octanol–water partition coefficient (Wildman–Crippen LogP) is 2.21. The van der Waals surface area contributed by atoms with Gasteiger partial charge in [-0.15, -0.1) is 0 Å². The van der Waals surface area contributed by atoms with E-state index in [0.717, 1.165) is 0 Å². The van der Waals surface area contributed by atoms with E-state index in [9.17, 15) is 13.6 Å². The number of aryl methyl sites for hydroxylation is 1. The SMILES string of the molecule is COC(=O)c1cncc(-c2nn(C)cc2C(F)F)c1. The smallest absolute Gasteiger partial charge is 0.339 e. The lowest BCUT2D eigenvalue weighted by atomic mass is 10.1. The standard InChI is InChI=1S/C12H11F2N3O2/c1-17-6-9(11(13)14)10(16-17)7-3-8(5-15-4-7)12(18)19-2/h3-6,11H,1-2H3. The van der Waals surface area contributed by atoms with Crippen molar-refractivity contribution in [2.75, 3.05) is 7.11 Å². The minimum absolute atomic E-state index is 0.107. The van der Waals surface area contributed by atoms with Gasteiger partial charge in [0.25, 0.3) is 6.43 Å². The number of ether oxygens (including phenoxy) is 1. The second-order valence-corrected chi connectivity index (χ2v) is 3.86. The molecular formula is C12H11F2N3O2. The highest BCUT2D eigenvalue weighted by Crippen LogP contribution is 2.29. The van der Waals surface area contributed by atoms with Gasteiger partial charge >= 0.3 is 5.97 Å². The predicted molar refractivity (Wildman–Crippen MR) is 62.7 cm³/mol. The molecule has 19 heavy (non-hydrogen) atoms. The van der Waals surface area contributed by atoms with Crippen molar-refractivity contribution in [3.8, 4) is 11.3 Å². The molecule has 0 saturated carbocycles. The third-order valence-electron chi connectivity index (χ3n) is 2.52. The molecule has 0 aliphatic carbocycles. The highest BCUT2D eigenvalue weighted by Gasteiger charge is 2.19. The van der Waals surface area contributed by atoms with E-state index in [4.69, 9.17) is 0 Å². The van der Waals surface area contributed by atoms with E-state index in [1.54, 1.807) is 7.05 Å². The molecule has 2 rings (SSSR count). The molecule has 0 atom stereocenters. The molecule has 7 heteroatoms. The van der Waals surface area contributed by atoms with Crippen LogP contribution < -0.4 is 0 Å². The molecule has 2 aromatic heterocycles. The number of hydrogen-bond donors (Lipinski definition) is 0. The second kappa shape index (κ2) is 5.13. The van der Waals surface area contributed by atoms with Crippen LogP contribution >= 0.6 is 0 Å². The van der Waals surface area contributed by atoms with Gasteiger partial charge in [-0.05, 0) is 6.07 Å². The summed E-state index contributed by atoms with van der Waals surface area (Å²) in [5, 5.41) is 3.97. The van der Waals surface area contributed by atoms with E-state index < -0.39 is 12.4 Å². The molecule has 0 saturated heterocycles. The van der Waals surface area contributed by atoms with Crippen molar-refractivity contribution in [3.63, 3.8) is 0 Å². The number of halogens is 2. The number of pyridine rings is 1. The van der Waals surface area contributed by atoms with Crippen LogP contribution in [-0.4, -0.2) is 27.8 Å². The average Bonchev–Trinajstić information content (AvgIpc) is 2.80. The number of alkyl halides is 2. The average molecular weight is 267 g/mol. The quantitative estimate of drug-likeness (QED) is 0.800. The Hall–Kier alpha value is -2.31. The van der Waals surface area contributed by atoms with Crippen molar-refractivity contribution < 1.29 is 18.3 Å². The molecule has 2 aromatic rings. The summed E-state index contributed by atoms with van der Waals surface area (Å²) in [7, 11) is 2.79. The second-order valence-electron chi connectivity index (χ2n) is 3.86. The van der Waals surface area contributed by atoms with E-state index in [-0.39, 0.29) is 16.8 Å². The van der Waals surface area contributed by atoms with Crippen LogP contribution in [0.1, 0.15) is 22.3 Å². The third kappa shape index (κ3) is 2.59. The van der Waals surface area contributed by atoms with E-state index >= 15 is 0 Å². The van der Waals surface area contributed by atoms with Crippen molar-refractivity contribution >= 4 is 5.97 Å². The Balaban J connectivity index is 2.50. The molecule has 100 valence electrons. The molecule has 0 bridgehead atoms. The highest BCUT2D eigenvalue weighted by atomic mass is 19.3. The van der Waals surface area contributed by atoms with Gasteiger partial charge in [0.05, 0.1) is 18.2 Å². The molecule has 0 aliphatic rings. The van der Waals surface area contributed by atoms with Crippen molar-refractivity contribution in [1.29, 1.82) is 0 Å². The number of carbonyl (C=O) groups excluding carboxylic acids is 1. The van der Waals surface area contributed by atoms with Crippen molar-refractivity contribution in [3.05, 3.63) is 35.8 Å². The summed E-state index contributed by atoms with van der Waals surface area (Å²) in [6, 6.07) is 1.42. The Morgan fingerprint density at radius 3 is 2.79 bits per heavy atom. The Bertz CT molecular complexity index is 611. The number of methoxy groups -OCH3 is 1. The minimum atomic E-state index is -2.65. The minimum Gasteiger partial charge on any atom is -0.465 e. The van der Waals surface area contributed by atoms with Crippen LogP contribution in [0, 0.1) is 0 Å². The first kappa shape index (κ1) is 13.1. The molecule has 0 amide bonds. The Kier molecular flexibility index (Phi) is 3.55. The number of rotatable bonds is 3. The summed E-state index contributed by atoms with van der Waals surface area (Å²) in [5.74, 6) is -0.580. The molecule has 0 N–H and O–H groups in total. The van der Waals surface area contributed by atoms with Gasteiger partial charge in [0.1, 0.15) is 5.69 Å². The molecule has 0 radical (unpaired) electrons. The van der Waals surface area contributed by atoms with Crippen LogP contribution in [0.3, 0.4) is 0 Å². The summed E-state index contributed by atoms with van der Waals surface area (Å²) >= 11 is 0. The monoisotopic (exact) mass is 267 g/mol. The van der Waals surface area contributed by atoms with Gasteiger partial charge in [0.2, 0.25) is 0 Å². The van der Waals surface area contributed by atoms with Gasteiger partial charge in [-0.25, -0.2) is 13.6 Å². The maximum absolute atomic E-state index is 12.9. The fourth-order valence-corrected chi connectivity index (χ4v) is 1.69. The largest absolute Gasteiger partial charge is 0.465 e. The van der Waals surface area contributed by atoms with Crippen LogP contribution in [0.4, 0.5) is 8.78 Å². The number of aromatic nitrogens is 3. The zero-order chi connectivity index (χ0) is 14.0. The van der Waals surface area contributed by atoms with Gasteiger partial charge < -0.3 is 4.74 Å². The third-order valence-corrected chi connectivity index (χ3v) is 2.52. The molecule has 0 aliphatic heterocycles. The van der Waals surface area contributed by atoms with Crippen LogP contribution in [-0.2, 0) is 11.8 Å². The number of esters is 1. The van der Waals surface area contributed by atoms with Crippen LogP contribution in [0.25, 0.3) is 11.3 Å². The van der Waals surface area contributed by atoms with Crippen LogP contribution in [0.5, 0.6) is 0 Å². The Morgan fingerprint density at radius 2 is 2.16 bits per heavy atom. The molecule has 2 heterocycles. The Morgan fingerprint density at radius 1 is 1.42 bits per heavy atom. The van der Waals surface area contributed by atoms with E-state index in [0.29, 0.717) is 5.56 Å². The number of hydrogen-bond acceptors (Lipinski definition) is 4. The fourth-order valence-electron chi connectivity index (χ4n) is 1.69. The summed E-state index contributed by atoms with van der Waals surface area (Å²) in [6.45, 7) is 0. The maximum Gasteiger partial charge on any atom is 0.339 e. The molecule has 0 unspecified atom stereocenters. The van der Waals surface area contributed by atoms with Gasteiger partial charge in [-0.3, -0.25) is 9.67 Å². The van der Waals surface area contributed by atoms with Gasteiger partial charge in [0.15, 0.2) is 0 Å². The topological polar surface area (TPSA) is 57.0 Å². The maximum atomic E-state index is 12.9. The molecule has 5 nitrogen and oxygen atoms in total. The highest BCUT2D eigenvalue weighted by molar-refractivity contribution is 5.90. The van der Waals surface area contributed by atoms with Crippen molar-refractivity contribution in [1.82, 2.24) is 14.8 Å². The summed E-state index contributed by atoms with van der Waals surface area (Å²) in [6.07, 6.45) is 1.27. The summed E-state index contributed by atoms with van der Waals surface area (Å²) in [4.78, 5) is 15.2. The first-order chi connectivity index (χ1) is 9.02. The Labute approximate surface area is 107 Å². The summed E-state index contributed by atoms with van der Waals surface area (Å²) < 4.78 is 31.6. The lowest BCUT2D eigenvalue weighted by molar-refractivity contribution is 0.0600. The molecule has 0 aromatic carbocycles. The van der Waals surface area contributed by atoms with Crippen LogP contribution in [0.15, 0.2) is 24.7 Å². The van der Waals surface area contributed by atoms with E-state index in [1.165, 1.54) is 36.4 Å². The normalized spacial score (nSPS) is 10.8. The van der Waals surface area contributed by atoms with Crippen molar-refractivity contribution in [2.24, 2.45) is 7.05 Å². The van der Waals surface area contributed by atoms with E-state index in [2.05, 4.69) is 14.8 Å². The van der Waals surface area contributed by atoms with Gasteiger partial charge in [0, 0.05) is 31.2 Å². The molecular weight excluding hydrogens is 256 g/mol. The first-order valence-electron chi connectivity index (χ1n) is 5.38. The van der Waals surface area contributed by atoms with Gasteiger partial charge in [-0.1, -0.05) is 0 Å². The van der Waals surface area contributed by atoms with E-state index in [1.807, 2.05) is 0 Å². The lowest BCUT2D eigenvalue weighted by Crippen LogP contribution is -2.02. The number of carbonyl (C=O) groups is 1. The molecule has 0 spiro atoms. The van der Waals surface area contributed by atoms with Crippen molar-refractivity contribution in [2.45, 2.75) is 6.43 Å². The zero-order valence-corrected chi connectivity index (χ0v) is 10.3. The fraction of sp³-hybridized carbons (Fsp3) is 0.250. The molecule has 0 fully saturated rings. The zero-order valence-electron chi connectivity index (χ0n) is 10.3. The lowest BCUT2D eigenvalue weighted by Gasteiger charge is -2.03. The first-order valence-corrected chi connectivity index (χ1v) is 5.38. The van der Waals surface area contributed by atoms with Gasteiger partial charge in [-0.2, -0.15) is 5.10 Å². The van der Waals surface area contributed by atoms with Crippen LogP contribution in [0.2, 0.25) is 0 Å². The number of nitrogens with zero attached hydrogens (tertiary/aromatic N) is 3. The summed E-state index contributed by atoms with van der Waals surface area (Å²) in [5.41, 5.74) is 0.437.